The number of rotatable bonds is 6. The number of nitrogens with zero attached hydrogens (tertiary/aromatic N) is 6. The zero-order chi connectivity index (χ0) is 27.0. The van der Waals surface area contributed by atoms with Crippen molar-refractivity contribution in [3.63, 3.8) is 0 Å². The molecule has 4 heterocycles. The second kappa shape index (κ2) is 10.3. The number of hydrogen-bond donors (Lipinski definition) is 2. The molecule has 0 bridgehead atoms. The van der Waals surface area contributed by atoms with Crippen molar-refractivity contribution in [1.29, 1.82) is 0 Å². The van der Waals surface area contributed by atoms with E-state index < -0.39 is 30.1 Å². The van der Waals surface area contributed by atoms with E-state index >= 15 is 0 Å². The van der Waals surface area contributed by atoms with Crippen molar-refractivity contribution in [1.82, 2.24) is 29.6 Å². The predicted octanol–water partition coefficient (Wildman–Crippen LogP) is 3.14. The molecule has 4 aromatic rings. The summed E-state index contributed by atoms with van der Waals surface area (Å²) in [5, 5.41) is 18.3. The molecule has 10 nitrogen and oxygen atoms in total. The molecular weight excluding hydrogens is 489 g/mol. The summed E-state index contributed by atoms with van der Waals surface area (Å²) >= 11 is 0. The normalized spacial score (nSPS) is 18.1. The van der Waals surface area contributed by atoms with Crippen LogP contribution in [0.4, 0.5) is 10.1 Å². The quantitative estimate of drug-likeness (QED) is 0.402. The smallest absolute Gasteiger partial charge is 0.247 e. The van der Waals surface area contributed by atoms with Crippen LogP contribution >= 0.6 is 0 Å². The van der Waals surface area contributed by atoms with Crippen molar-refractivity contribution >= 4 is 28.4 Å². The molecule has 3 atom stereocenters. The molecule has 1 aliphatic rings. The summed E-state index contributed by atoms with van der Waals surface area (Å²) in [7, 11) is 0. The topological polar surface area (TPSA) is 126 Å². The fraction of sp³-hybridized carbons (Fsp3) is 0.333. The highest BCUT2D eigenvalue weighted by Crippen LogP contribution is 2.30. The first-order chi connectivity index (χ1) is 18.2. The Balaban J connectivity index is 1.40. The molecular formula is C27H28FN7O3. The van der Waals surface area contributed by atoms with E-state index in [-0.39, 0.29) is 19.5 Å². The molecule has 1 aromatic carbocycles. The van der Waals surface area contributed by atoms with Gasteiger partial charge in [-0.25, -0.2) is 14.4 Å². The van der Waals surface area contributed by atoms with Crippen molar-refractivity contribution in [2.24, 2.45) is 0 Å². The molecule has 2 N–H and O–H groups in total. The summed E-state index contributed by atoms with van der Waals surface area (Å²) in [6, 6.07) is 7.96. The van der Waals surface area contributed by atoms with E-state index in [2.05, 4.69) is 25.4 Å². The van der Waals surface area contributed by atoms with Crippen molar-refractivity contribution in [2.45, 2.75) is 52.1 Å². The van der Waals surface area contributed by atoms with Gasteiger partial charge in [-0.05, 0) is 50.6 Å². The van der Waals surface area contributed by atoms with E-state index in [4.69, 9.17) is 0 Å². The summed E-state index contributed by atoms with van der Waals surface area (Å²) in [5.74, 6) is -0.232. The highest BCUT2D eigenvalue weighted by Gasteiger charge is 2.40. The number of alkyl halides is 1. The average Bonchev–Trinajstić information content (AvgIpc) is 3.45. The van der Waals surface area contributed by atoms with Gasteiger partial charge in [-0.2, -0.15) is 5.10 Å². The molecule has 0 saturated carbocycles. The van der Waals surface area contributed by atoms with Crippen molar-refractivity contribution in [3.8, 4) is 11.1 Å². The van der Waals surface area contributed by atoms with Gasteiger partial charge in [0.25, 0.3) is 0 Å². The van der Waals surface area contributed by atoms with Gasteiger partial charge in [0.1, 0.15) is 24.6 Å². The van der Waals surface area contributed by atoms with Crippen LogP contribution in [-0.4, -0.2) is 65.3 Å². The molecule has 38 heavy (non-hydrogen) atoms. The predicted molar refractivity (Wildman–Crippen MR) is 139 cm³/mol. The number of hydrogen-bond acceptors (Lipinski definition) is 7. The number of aliphatic hydroxyl groups is 1. The number of likely N-dealkylation sites (tertiary alicyclic amines) is 1. The Morgan fingerprint density at radius 3 is 2.61 bits per heavy atom. The Bertz CT molecular complexity index is 1500. The first kappa shape index (κ1) is 25.4. The second-order valence-corrected chi connectivity index (χ2v) is 9.54. The fourth-order valence-corrected chi connectivity index (χ4v) is 4.73. The Kier molecular flexibility index (Phi) is 6.85. The van der Waals surface area contributed by atoms with Crippen LogP contribution in [-0.2, 0) is 16.1 Å². The number of nitrogens with one attached hydrogen (secondary N) is 1. The van der Waals surface area contributed by atoms with E-state index in [0.29, 0.717) is 28.1 Å². The summed E-state index contributed by atoms with van der Waals surface area (Å²) in [6.07, 6.45) is 2.73. The van der Waals surface area contributed by atoms with Crippen LogP contribution in [0.1, 0.15) is 36.7 Å². The maximum absolute atomic E-state index is 14.4. The van der Waals surface area contributed by atoms with E-state index in [1.807, 2.05) is 18.2 Å². The van der Waals surface area contributed by atoms with E-state index in [0.717, 1.165) is 16.8 Å². The van der Waals surface area contributed by atoms with Gasteiger partial charge in [-0.3, -0.25) is 19.3 Å². The number of halogens is 1. The number of aliphatic hydroxyl groups excluding tert-OH is 1. The van der Waals surface area contributed by atoms with Gasteiger partial charge >= 0.3 is 0 Å². The summed E-state index contributed by atoms with van der Waals surface area (Å²) in [6.45, 7) is 4.82. The second-order valence-electron chi connectivity index (χ2n) is 9.54. The van der Waals surface area contributed by atoms with Crippen molar-refractivity contribution < 1.29 is 19.1 Å². The molecule has 1 saturated heterocycles. The van der Waals surface area contributed by atoms with Gasteiger partial charge < -0.3 is 15.3 Å². The molecule has 3 aromatic heterocycles. The van der Waals surface area contributed by atoms with Gasteiger partial charge in [-0.15, -0.1) is 0 Å². The largest absolute Gasteiger partial charge is 0.387 e. The first-order valence-corrected chi connectivity index (χ1v) is 12.3. The van der Waals surface area contributed by atoms with Crippen LogP contribution < -0.4 is 5.32 Å². The van der Waals surface area contributed by atoms with Gasteiger partial charge in [0.2, 0.25) is 11.8 Å². The lowest BCUT2D eigenvalue weighted by Gasteiger charge is -2.23. The van der Waals surface area contributed by atoms with E-state index in [9.17, 15) is 19.1 Å². The lowest BCUT2D eigenvalue weighted by atomic mass is 10.0. The zero-order valence-corrected chi connectivity index (χ0v) is 21.3. The van der Waals surface area contributed by atoms with Gasteiger partial charge in [0, 0.05) is 47.3 Å². The van der Waals surface area contributed by atoms with Gasteiger partial charge in [-0.1, -0.05) is 6.07 Å². The number of carbonyl (C=O) groups excluding carboxylic acids is 2. The van der Waals surface area contributed by atoms with Gasteiger partial charge in [0.05, 0.1) is 23.9 Å². The zero-order valence-electron chi connectivity index (χ0n) is 21.3. The number of anilines is 1. The van der Waals surface area contributed by atoms with Crippen LogP contribution in [0.3, 0.4) is 0 Å². The summed E-state index contributed by atoms with van der Waals surface area (Å²) in [4.78, 5) is 40.2. The SMILES string of the molecule is Cc1cc(NC(=O)[C@@H]2C[C@@H](F)CN2C(=O)Cn2nc(C(C)O)c3cc(-c4cnc(C)nc4)ccc32)ccn1. The molecule has 5 rings (SSSR count). The van der Waals surface area contributed by atoms with Crippen LogP contribution in [0, 0.1) is 13.8 Å². The van der Waals surface area contributed by atoms with Crippen LogP contribution in [0.15, 0.2) is 48.9 Å². The maximum Gasteiger partial charge on any atom is 0.247 e. The lowest BCUT2D eigenvalue weighted by molar-refractivity contribution is -0.137. The van der Waals surface area contributed by atoms with Crippen LogP contribution in [0.5, 0.6) is 0 Å². The van der Waals surface area contributed by atoms with Gasteiger partial charge in [0.15, 0.2) is 0 Å². The van der Waals surface area contributed by atoms with Crippen molar-refractivity contribution in [3.05, 3.63) is 66.1 Å². The molecule has 196 valence electrons. The third kappa shape index (κ3) is 5.10. The molecule has 11 heteroatoms. The Morgan fingerprint density at radius 2 is 1.89 bits per heavy atom. The van der Waals surface area contributed by atoms with E-state index in [1.54, 1.807) is 51.5 Å². The lowest BCUT2D eigenvalue weighted by Crippen LogP contribution is -2.44. The number of amides is 2. The Hall–Kier alpha value is -4.25. The molecule has 0 spiro atoms. The highest BCUT2D eigenvalue weighted by atomic mass is 19.1. The molecule has 1 fully saturated rings. The number of aromatic nitrogens is 5. The molecule has 1 unspecified atom stereocenters. The first-order valence-electron chi connectivity index (χ1n) is 12.3. The minimum atomic E-state index is -1.31. The number of fused-ring (bicyclic) bond motifs is 1. The Labute approximate surface area is 218 Å². The van der Waals surface area contributed by atoms with Crippen LogP contribution in [0.25, 0.3) is 22.0 Å². The molecule has 1 aliphatic heterocycles. The third-order valence-electron chi connectivity index (χ3n) is 6.61. The minimum absolute atomic E-state index is 0.0810. The monoisotopic (exact) mass is 517 g/mol. The van der Waals surface area contributed by atoms with Crippen molar-refractivity contribution in [2.75, 3.05) is 11.9 Å². The average molecular weight is 518 g/mol. The van der Waals surface area contributed by atoms with E-state index in [1.165, 1.54) is 9.58 Å². The molecule has 0 radical (unpaired) electrons. The number of benzene rings is 1. The number of pyridine rings is 1. The Morgan fingerprint density at radius 1 is 1.13 bits per heavy atom. The molecule has 0 aliphatic carbocycles. The maximum atomic E-state index is 14.4. The third-order valence-corrected chi connectivity index (χ3v) is 6.61. The summed E-state index contributed by atoms with van der Waals surface area (Å²) in [5.41, 5.74) is 3.95. The minimum Gasteiger partial charge on any atom is -0.387 e. The number of carbonyl (C=O) groups is 2. The summed E-state index contributed by atoms with van der Waals surface area (Å²) < 4.78 is 15.9. The van der Waals surface area contributed by atoms with Crippen LogP contribution in [0.2, 0.25) is 0 Å². The molecule has 2 amide bonds. The fourth-order valence-electron chi connectivity index (χ4n) is 4.73. The number of aryl methyl sites for hydroxylation is 2. The standard InChI is InChI=1S/C27H28FN7O3/c1-15-8-21(6-7-29-15)32-27(38)24-10-20(28)13-34(24)25(37)14-35-23-5-4-18(19-11-30-17(3)31-12-19)9-22(23)26(33-35)16(2)36/h4-9,11-12,16,20,24,36H,10,13-14H2,1-3H3,(H,29,32,38)/t16?,20-,24+/m1/s1. The highest BCUT2D eigenvalue weighted by molar-refractivity contribution is 5.98.